The van der Waals surface area contributed by atoms with Gasteiger partial charge in [0.2, 0.25) is 10.0 Å². The fourth-order valence-electron chi connectivity index (χ4n) is 4.75. The van der Waals surface area contributed by atoms with Crippen molar-refractivity contribution >= 4 is 42.6 Å². The number of morpholine rings is 1. The molecule has 2 fully saturated rings. The molecule has 0 radical (unpaired) electrons. The van der Waals surface area contributed by atoms with Gasteiger partial charge in [0.1, 0.15) is 0 Å². The maximum absolute atomic E-state index is 13.7. The number of para-hydroxylation sites is 1. The van der Waals surface area contributed by atoms with E-state index in [1.54, 1.807) is 29.2 Å². The molecular formula is C26H32N4O4S2. The molecule has 10 heteroatoms. The topological polar surface area (TPSA) is 83.0 Å². The van der Waals surface area contributed by atoms with Crippen molar-refractivity contribution in [3.8, 4) is 0 Å². The van der Waals surface area contributed by atoms with Crippen molar-refractivity contribution in [3.05, 3.63) is 53.6 Å². The molecule has 0 bridgehead atoms. The molecule has 0 unspecified atom stereocenters. The van der Waals surface area contributed by atoms with E-state index >= 15 is 0 Å². The molecule has 0 aliphatic carbocycles. The molecule has 2 saturated heterocycles. The minimum atomic E-state index is -3.52. The van der Waals surface area contributed by atoms with Gasteiger partial charge in [-0.2, -0.15) is 4.31 Å². The number of rotatable bonds is 8. The van der Waals surface area contributed by atoms with E-state index in [0.29, 0.717) is 30.3 Å². The Kier molecular flexibility index (Phi) is 7.68. The van der Waals surface area contributed by atoms with Crippen molar-refractivity contribution in [2.24, 2.45) is 0 Å². The number of sulfonamides is 1. The fourth-order valence-corrected chi connectivity index (χ4v) is 7.34. The van der Waals surface area contributed by atoms with E-state index in [9.17, 15) is 13.2 Å². The summed E-state index contributed by atoms with van der Waals surface area (Å²) in [5.74, 6) is -0.168. The average Bonchev–Trinajstić information content (AvgIpc) is 3.59. The molecular weight excluding hydrogens is 496 g/mol. The maximum atomic E-state index is 13.7. The van der Waals surface area contributed by atoms with Gasteiger partial charge < -0.3 is 4.74 Å². The molecule has 2 aliphatic rings. The molecule has 1 aromatic heterocycles. The Labute approximate surface area is 216 Å². The summed E-state index contributed by atoms with van der Waals surface area (Å²) in [5.41, 5.74) is 2.44. The third-order valence-corrected chi connectivity index (χ3v) is 9.81. The Balaban J connectivity index is 1.38. The number of amides is 1. The number of carbonyl (C=O) groups is 1. The summed E-state index contributed by atoms with van der Waals surface area (Å²) in [6.07, 6.45) is 2.58. The van der Waals surface area contributed by atoms with Gasteiger partial charge in [-0.15, -0.1) is 0 Å². The molecule has 0 saturated carbocycles. The zero-order chi connectivity index (χ0) is 25.1. The van der Waals surface area contributed by atoms with E-state index in [2.05, 4.69) is 4.90 Å². The van der Waals surface area contributed by atoms with E-state index in [1.807, 2.05) is 25.1 Å². The zero-order valence-electron chi connectivity index (χ0n) is 20.6. The van der Waals surface area contributed by atoms with Crippen LogP contribution in [0.5, 0.6) is 0 Å². The molecule has 1 amide bonds. The van der Waals surface area contributed by atoms with Crippen molar-refractivity contribution in [3.63, 3.8) is 0 Å². The smallest absolute Gasteiger partial charge is 0.260 e. The number of thiazole rings is 1. The molecule has 0 spiro atoms. The normalized spacial score (nSPS) is 17.6. The number of aryl methyl sites for hydroxylation is 1. The standard InChI is InChI=1S/C26H32N4O4S2/c1-20-6-4-7-23-24(20)27-26(35-23)30(15-5-12-28-16-18-34-19-17-28)25(31)21-8-10-22(11-9-21)36(32,33)29-13-2-3-14-29/h4,6-11H,2-3,5,12-19H2,1H3. The van der Waals surface area contributed by atoms with Gasteiger partial charge in [-0.25, -0.2) is 13.4 Å². The van der Waals surface area contributed by atoms with Gasteiger partial charge in [0.25, 0.3) is 5.91 Å². The first-order valence-corrected chi connectivity index (χ1v) is 14.8. The van der Waals surface area contributed by atoms with Gasteiger partial charge in [-0.3, -0.25) is 14.6 Å². The van der Waals surface area contributed by atoms with E-state index < -0.39 is 10.0 Å². The minimum Gasteiger partial charge on any atom is -0.379 e. The van der Waals surface area contributed by atoms with Crippen LogP contribution in [0.4, 0.5) is 5.13 Å². The lowest BCUT2D eigenvalue weighted by molar-refractivity contribution is 0.0376. The van der Waals surface area contributed by atoms with Crippen molar-refractivity contribution in [2.45, 2.75) is 31.1 Å². The molecule has 2 aromatic carbocycles. The maximum Gasteiger partial charge on any atom is 0.260 e. The second-order valence-electron chi connectivity index (χ2n) is 9.32. The highest BCUT2D eigenvalue weighted by Gasteiger charge is 2.28. The lowest BCUT2D eigenvalue weighted by Crippen LogP contribution is -2.39. The number of hydrogen-bond donors (Lipinski definition) is 0. The van der Waals surface area contributed by atoms with Gasteiger partial charge in [0.05, 0.1) is 28.3 Å². The molecule has 0 N–H and O–H groups in total. The molecule has 192 valence electrons. The van der Waals surface area contributed by atoms with Crippen molar-refractivity contribution in [1.29, 1.82) is 0 Å². The number of hydrogen-bond acceptors (Lipinski definition) is 7. The van der Waals surface area contributed by atoms with Crippen LogP contribution in [0.15, 0.2) is 47.4 Å². The number of carbonyl (C=O) groups excluding carboxylic acids is 1. The van der Waals surface area contributed by atoms with Crippen LogP contribution < -0.4 is 4.90 Å². The Morgan fingerprint density at radius 1 is 1.06 bits per heavy atom. The fraction of sp³-hybridized carbons (Fsp3) is 0.462. The molecule has 36 heavy (non-hydrogen) atoms. The Hall–Kier alpha value is -2.37. The molecule has 3 aromatic rings. The van der Waals surface area contributed by atoms with Gasteiger partial charge in [0, 0.05) is 44.8 Å². The quantitative estimate of drug-likeness (QED) is 0.443. The Morgan fingerprint density at radius 3 is 2.47 bits per heavy atom. The van der Waals surface area contributed by atoms with Crippen LogP contribution in [0.3, 0.4) is 0 Å². The van der Waals surface area contributed by atoms with Gasteiger partial charge in [-0.1, -0.05) is 23.5 Å². The van der Waals surface area contributed by atoms with E-state index in [0.717, 1.165) is 67.9 Å². The Morgan fingerprint density at radius 2 is 1.78 bits per heavy atom. The monoisotopic (exact) mass is 528 g/mol. The number of ether oxygens (including phenoxy) is 1. The van der Waals surface area contributed by atoms with Crippen LogP contribution in [-0.2, 0) is 14.8 Å². The predicted octanol–water partition coefficient (Wildman–Crippen LogP) is 3.76. The summed E-state index contributed by atoms with van der Waals surface area (Å²) >= 11 is 1.51. The van der Waals surface area contributed by atoms with Crippen molar-refractivity contribution in [2.75, 3.05) is 57.4 Å². The lowest BCUT2D eigenvalue weighted by Gasteiger charge is -2.27. The van der Waals surface area contributed by atoms with E-state index in [4.69, 9.17) is 9.72 Å². The highest BCUT2D eigenvalue weighted by atomic mass is 32.2. The van der Waals surface area contributed by atoms with Gasteiger partial charge in [0.15, 0.2) is 5.13 Å². The first-order chi connectivity index (χ1) is 17.4. The third-order valence-electron chi connectivity index (χ3n) is 6.85. The number of benzene rings is 2. The summed E-state index contributed by atoms with van der Waals surface area (Å²) < 4.78 is 33.8. The summed E-state index contributed by atoms with van der Waals surface area (Å²) in [5, 5.41) is 0.667. The van der Waals surface area contributed by atoms with E-state index in [-0.39, 0.29) is 10.8 Å². The van der Waals surface area contributed by atoms with Crippen LogP contribution in [0.2, 0.25) is 0 Å². The Bertz CT molecular complexity index is 1310. The third kappa shape index (κ3) is 5.33. The van der Waals surface area contributed by atoms with Crippen LogP contribution in [0.25, 0.3) is 10.2 Å². The van der Waals surface area contributed by atoms with Crippen LogP contribution in [0, 0.1) is 6.92 Å². The van der Waals surface area contributed by atoms with Crippen LogP contribution in [0.1, 0.15) is 35.2 Å². The van der Waals surface area contributed by atoms with Crippen LogP contribution in [-0.4, -0.2) is 81.0 Å². The number of aromatic nitrogens is 1. The number of fused-ring (bicyclic) bond motifs is 1. The molecule has 8 nitrogen and oxygen atoms in total. The molecule has 2 aliphatic heterocycles. The number of nitrogens with zero attached hydrogens (tertiary/aromatic N) is 4. The predicted molar refractivity (Wildman–Crippen MR) is 142 cm³/mol. The van der Waals surface area contributed by atoms with Crippen molar-refractivity contribution in [1.82, 2.24) is 14.2 Å². The SMILES string of the molecule is Cc1cccc2sc(N(CCCN3CCOCC3)C(=O)c3ccc(S(=O)(=O)N4CCCC4)cc3)nc12. The summed E-state index contributed by atoms with van der Waals surface area (Å²) in [4.78, 5) is 22.9. The summed E-state index contributed by atoms with van der Waals surface area (Å²) in [6.45, 7) is 7.83. The molecule has 0 atom stereocenters. The largest absolute Gasteiger partial charge is 0.379 e. The summed E-state index contributed by atoms with van der Waals surface area (Å²) in [7, 11) is -3.52. The highest BCUT2D eigenvalue weighted by Crippen LogP contribution is 2.32. The zero-order valence-corrected chi connectivity index (χ0v) is 22.2. The second kappa shape index (κ2) is 10.9. The van der Waals surface area contributed by atoms with Gasteiger partial charge >= 0.3 is 0 Å². The second-order valence-corrected chi connectivity index (χ2v) is 12.3. The van der Waals surface area contributed by atoms with E-state index in [1.165, 1.54) is 15.6 Å². The average molecular weight is 529 g/mol. The van der Waals surface area contributed by atoms with Crippen molar-refractivity contribution < 1.29 is 17.9 Å². The van der Waals surface area contributed by atoms with Crippen LogP contribution >= 0.6 is 11.3 Å². The first kappa shape index (κ1) is 25.3. The number of anilines is 1. The lowest BCUT2D eigenvalue weighted by atomic mass is 10.2. The molecule has 3 heterocycles. The highest BCUT2D eigenvalue weighted by molar-refractivity contribution is 7.89. The molecule has 5 rings (SSSR count). The first-order valence-electron chi connectivity index (χ1n) is 12.5. The van der Waals surface area contributed by atoms with Gasteiger partial charge in [-0.05, 0) is 62.1 Å². The summed E-state index contributed by atoms with van der Waals surface area (Å²) in [6, 6.07) is 12.4. The minimum absolute atomic E-state index is 0.168.